The SMILES string of the molecule is Cc1ccc(NC(c2cccs2)c2ccc(Cl)s2)cc1F. The van der Waals surface area contributed by atoms with Gasteiger partial charge in [-0.2, -0.15) is 0 Å². The zero-order valence-electron chi connectivity index (χ0n) is 11.3. The maximum Gasteiger partial charge on any atom is 0.128 e. The normalized spacial score (nSPS) is 12.3. The summed E-state index contributed by atoms with van der Waals surface area (Å²) in [5.74, 6) is -0.200. The predicted octanol–water partition coefficient (Wildman–Crippen LogP) is 6.11. The second-order valence-corrected chi connectivity index (χ2v) is 7.42. The first-order chi connectivity index (χ1) is 10.1. The Morgan fingerprint density at radius 1 is 1.14 bits per heavy atom. The lowest BCUT2D eigenvalue weighted by Gasteiger charge is -2.18. The van der Waals surface area contributed by atoms with E-state index in [2.05, 4.69) is 11.4 Å². The van der Waals surface area contributed by atoms with Crippen LogP contribution in [0.1, 0.15) is 21.4 Å². The predicted molar refractivity (Wildman–Crippen MR) is 90.3 cm³/mol. The summed E-state index contributed by atoms with van der Waals surface area (Å²) in [5, 5.41) is 5.44. The zero-order valence-corrected chi connectivity index (χ0v) is 13.7. The van der Waals surface area contributed by atoms with E-state index in [1.807, 2.05) is 29.6 Å². The first-order valence-corrected chi connectivity index (χ1v) is 8.52. The Morgan fingerprint density at radius 2 is 2.00 bits per heavy atom. The molecule has 0 saturated carbocycles. The molecule has 1 unspecified atom stereocenters. The van der Waals surface area contributed by atoms with Crippen molar-refractivity contribution in [2.45, 2.75) is 13.0 Å². The van der Waals surface area contributed by atoms with Gasteiger partial charge in [0, 0.05) is 15.4 Å². The average Bonchev–Trinajstić information content (AvgIpc) is 3.11. The molecule has 3 rings (SSSR count). The zero-order chi connectivity index (χ0) is 14.8. The minimum atomic E-state index is -0.200. The third kappa shape index (κ3) is 3.28. The molecule has 108 valence electrons. The van der Waals surface area contributed by atoms with E-state index in [0.717, 1.165) is 14.9 Å². The highest BCUT2D eigenvalue weighted by molar-refractivity contribution is 7.16. The first kappa shape index (κ1) is 14.6. The van der Waals surface area contributed by atoms with Crippen molar-refractivity contribution in [3.05, 3.63) is 73.3 Å². The number of aryl methyl sites for hydroxylation is 1. The smallest absolute Gasteiger partial charge is 0.128 e. The molecule has 21 heavy (non-hydrogen) atoms. The highest BCUT2D eigenvalue weighted by Gasteiger charge is 2.17. The third-order valence-corrected chi connectivity index (χ3v) is 5.42. The van der Waals surface area contributed by atoms with Gasteiger partial charge in [0.15, 0.2) is 0 Å². The monoisotopic (exact) mass is 337 g/mol. The van der Waals surface area contributed by atoms with Crippen LogP contribution < -0.4 is 5.32 Å². The Balaban J connectivity index is 1.94. The van der Waals surface area contributed by atoms with Crippen molar-refractivity contribution in [1.82, 2.24) is 0 Å². The number of benzene rings is 1. The van der Waals surface area contributed by atoms with Gasteiger partial charge in [-0.3, -0.25) is 0 Å². The molecular weight excluding hydrogens is 325 g/mol. The van der Waals surface area contributed by atoms with Crippen molar-refractivity contribution < 1.29 is 4.39 Å². The van der Waals surface area contributed by atoms with Crippen molar-refractivity contribution in [2.24, 2.45) is 0 Å². The van der Waals surface area contributed by atoms with E-state index < -0.39 is 0 Å². The van der Waals surface area contributed by atoms with Crippen molar-refractivity contribution in [2.75, 3.05) is 5.32 Å². The molecule has 2 heterocycles. The summed E-state index contributed by atoms with van der Waals surface area (Å²) >= 11 is 9.25. The van der Waals surface area contributed by atoms with Gasteiger partial charge in [0.2, 0.25) is 0 Å². The molecule has 0 spiro atoms. The van der Waals surface area contributed by atoms with Gasteiger partial charge in [-0.15, -0.1) is 22.7 Å². The van der Waals surface area contributed by atoms with Gasteiger partial charge in [-0.25, -0.2) is 4.39 Å². The van der Waals surface area contributed by atoms with Gasteiger partial charge >= 0.3 is 0 Å². The summed E-state index contributed by atoms with van der Waals surface area (Å²) in [4.78, 5) is 2.29. The molecule has 1 atom stereocenters. The Kier molecular flexibility index (Phi) is 4.29. The van der Waals surface area contributed by atoms with Crippen LogP contribution in [0.3, 0.4) is 0 Å². The fourth-order valence-electron chi connectivity index (χ4n) is 2.07. The van der Waals surface area contributed by atoms with Gasteiger partial charge in [0.25, 0.3) is 0 Å². The number of anilines is 1. The van der Waals surface area contributed by atoms with Gasteiger partial charge in [-0.05, 0) is 48.2 Å². The average molecular weight is 338 g/mol. The van der Waals surface area contributed by atoms with E-state index in [-0.39, 0.29) is 11.9 Å². The number of hydrogen-bond donors (Lipinski definition) is 1. The third-order valence-electron chi connectivity index (χ3n) is 3.19. The molecule has 0 radical (unpaired) electrons. The maximum absolute atomic E-state index is 13.7. The molecular formula is C16H13ClFNS2. The summed E-state index contributed by atoms with van der Waals surface area (Å²) < 4.78 is 14.5. The quantitative estimate of drug-likeness (QED) is 0.605. The van der Waals surface area contributed by atoms with Crippen molar-refractivity contribution in [1.29, 1.82) is 0 Å². The largest absolute Gasteiger partial charge is 0.373 e. The Bertz CT molecular complexity index is 737. The van der Waals surface area contributed by atoms with E-state index in [0.29, 0.717) is 5.56 Å². The van der Waals surface area contributed by atoms with E-state index >= 15 is 0 Å². The molecule has 0 fully saturated rings. The lowest BCUT2D eigenvalue weighted by molar-refractivity contribution is 0.619. The van der Waals surface area contributed by atoms with Crippen LogP contribution in [0.5, 0.6) is 0 Å². The molecule has 0 aliphatic rings. The number of thiophene rings is 2. The van der Waals surface area contributed by atoms with Crippen LogP contribution >= 0.6 is 34.3 Å². The second kappa shape index (κ2) is 6.18. The van der Waals surface area contributed by atoms with Crippen molar-refractivity contribution in [3.8, 4) is 0 Å². The van der Waals surface area contributed by atoms with Crippen LogP contribution in [0, 0.1) is 12.7 Å². The Labute approximate surface area is 136 Å². The second-order valence-electron chi connectivity index (χ2n) is 4.70. The fraction of sp³-hybridized carbons (Fsp3) is 0.125. The van der Waals surface area contributed by atoms with Crippen LogP contribution in [0.25, 0.3) is 0 Å². The summed E-state index contributed by atoms with van der Waals surface area (Å²) in [6.07, 6.45) is 0. The molecule has 0 aliphatic carbocycles. The summed E-state index contributed by atoms with van der Waals surface area (Å²) in [6.45, 7) is 1.76. The van der Waals surface area contributed by atoms with Crippen LogP contribution in [-0.2, 0) is 0 Å². The molecule has 0 bridgehead atoms. The summed E-state index contributed by atoms with van der Waals surface area (Å²) in [6, 6.07) is 13.2. The van der Waals surface area contributed by atoms with Crippen LogP contribution in [0.4, 0.5) is 10.1 Å². The summed E-state index contributed by atoms with van der Waals surface area (Å²) in [5.41, 5.74) is 1.41. The maximum atomic E-state index is 13.7. The molecule has 0 aliphatic heterocycles. The van der Waals surface area contributed by atoms with E-state index in [1.165, 1.54) is 22.3 Å². The van der Waals surface area contributed by atoms with Gasteiger partial charge in [-0.1, -0.05) is 23.7 Å². The lowest BCUT2D eigenvalue weighted by atomic mass is 10.1. The molecule has 2 aromatic heterocycles. The lowest BCUT2D eigenvalue weighted by Crippen LogP contribution is -2.09. The fourth-order valence-corrected chi connectivity index (χ4v) is 4.07. The van der Waals surface area contributed by atoms with E-state index in [4.69, 9.17) is 11.6 Å². The van der Waals surface area contributed by atoms with Gasteiger partial charge in [0.1, 0.15) is 5.82 Å². The Hall–Kier alpha value is -1.36. The van der Waals surface area contributed by atoms with Crippen LogP contribution in [0.2, 0.25) is 4.34 Å². The van der Waals surface area contributed by atoms with Gasteiger partial charge < -0.3 is 5.32 Å². The summed E-state index contributed by atoms with van der Waals surface area (Å²) in [7, 11) is 0. The number of nitrogens with one attached hydrogen (secondary N) is 1. The molecule has 1 N–H and O–H groups in total. The highest BCUT2D eigenvalue weighted by atomic mass is 35.5. The first-order valence-electron chi connectivity index (χ1n) is 6.45. The van der Waals surface area contributed by atoms with E-state index in [9.17, 15) is 4.39 Å². The molecule has 3 aromatic rings. The highest BCUT2D eigenvalue weighted by Crippen LogP contribution is 2.35. The van der Waals surface area contributed by atoms with Crippen LogP contribution in [0.15, 0.2) is 47.8 Å². The molecule has 0 amide bonds. The minimum Gasteiger partial charge on any atom is -0.373 e. The number of halogens is 2. The molecule has 5 heteroatoms. The van der Waals surface area contributed by atoms with E-state index in [1.54, 1.807) is 24.3 Å². The molecule has 1 nitrogen and oxygen atoms in total. The van der Waals surface area contributed by atoms with Crippen LogP contribution in [-0.4, -0.2) is 0 Å². The van der Waals surface area contributed by atoms with Gasteiger partial charge in [0.05, 0.1) is 10.4 Å². The van der Waals surface area contributed by atoms with Crippen molar-refractivity contribution >= 4 is 40.0 Å². The standard InChI is InChI=1S/C16H13ClFNS2/c1-10-4-5-11(9-12(10)18)19-16(13-3-2-8-20-13)14-6-7-15(17)21-14/h2-9,16,19H,1H3. The topological polar surface area (TPSA) is 12.0 Å². The number of rotatable bonds is 4. The minimum absolute atomic E-state index is 0.00962. The molecule has 0 saturated heterocycles. The number of hydrogen-bond acceptors (Lipinski definition) is 3. The molecule has 1 aromatic carbocycles. The van der Waals surface area contributed by atoms with Crippen molar-refractivity contribution in [3.63, 3.8) is 0 Å². The Morgan fingerprint density at radius 3 is 2.62 bits per heavy atom.